The van der Waals surface area contributed by atoms with Crippen LogP contribution in [-0.4, -0.2) is 36.4 Å². The molecule has 132 valence electrons. The first-order valence-electron chi connectivity index (χ1n) is 8.58. The zero-order valence-electron chi connectivity index (χ0n) is 14.5. The Bertz CT molecular complexity index is 935. The Morgan fingerprint density at radius 3 is 2.52 bits per heavy atom. The minimum atomic E-state index is 0.568. The molecule has 0 aromatic carbocycles. The van der Waals surface area contributed by atoms with Crippen LogP contribution in [0.3, 0.4) is 0 Å². The standard InChI is InChI=1S/C20H17N7/c1-2-8-24-17(5-1)20-26-18(15-4-3-7-21-13-15)12-19(27-20)25-9-6-16-14-22-10-11-23-16/h1-5,7-8,10-14H,6,9H2,(H,25,26,27). The van der Waals surface area contributed by atoms with Crippen LogP contribution < -0.4 is 5.32 Å². The summed E-state index contributed by atoms with van der Waals surface area (Å²) in [5.74, 6) is 1.30. The zero-order chi connectivity index (χ0) is 18.3. The van der Waals surface area contributed by atoms with Crippen LogP contribution in [0.5, 0.6) is 0 Å². The van der Waals surface area contributed by atoms with Gasteiger partial charge in [0.15, 0.2) is 5.82 Å². The van der Waals surface area contributed by atoms with Crippen molar-refractivity contribution in [2.24, 2.45) is 0 Å². The van der Waals surface area contributed by atoms with Crippen molar-refractivity contribution < 1.29 is 0 Å². The number of anilines is 1. The van der Waals surface area contributed by atoms with Crippen molar-refractivity contribution in [3.05, 3.63) is 79.3 Å². The lowest BCUT2D eigenvalue weighted by molar-refractivity contribution is 0.933. The second kappa shape index (κ2) is 8.09. The van der Waals surface area contributed by atoms with Crippen LogP contribution in [0.25, 0.3) is 22.8 Å². The maximum atomic E-state index is 4.66. The third-order valence-corrected chi connectivity index (χ3v) is 3.88. The average molecular weight is 355 g/mol. The van der Waals surface area contributed by atoms with Crippen LogP contribution in [0.2, 0.25) is 0 Å². The van der Waals surface area contributed by atoms with Gasteiger partial charge in [0.2, 0.25) is 0 Å². The van der Waals surface area contributed by atoms with E-state index >= 15 is 0 Å². The quantitative estimate of drug-likeness (QED) is 0.568. The average Bonchev–Trinajstić information content (AvgIpc) is 2.76. The summed E-state index contributed by atoms with van der Waals surface area (Å²) in [6.45, 7) is 0.684. The Hall–Kier alpha value is -3.74. The molecular weight excluding hydrogens is 338 g/mol. The second-order valence-electron chi connectivity index (χ2n) is 5.79. The summed E-state index contributed by atoms with van der Waals surface area (Å²) in [5.41, 5.74) is 3.37. The summed E-state index contributed by atoms with van der Waals surface area (Å²) in [5, 5.41) is 3.35. The van der Waals surface area contributed by atoms with Gasteiger partial charge in [-0.05, 0) is 24.3 Å². The molecule has 0 spiro atoms. The van der Waals surface area contributed by atoms with E-state index in [0.717, 1.165) is 34.9 Å². The molecule has 0 saturated carbocycles. The van der Waals surface area contributed by atoms with Gasteiger partial charge >= 0.3 is 0 Å². The molecule has 1 N–H and O–H groups in total. The molecule has 0 fully saturated rings. The molecule has 27 heavy (non-hydrogen) atoms. The van der Waals surface area contributed by atoms with Gasteiger partial charge in [-0.25, -0.2) is 9.97 Å². The molecule has 4 rings (SSSR count). The molecule has 0 aliphatic rings. The fraction of sp³-hybridized carbons (Fsp3) is 0.100. The first kappa shape index (κ1) is 16.7. The highest BCUT2D eigenvalue weighted by Crippen LogP contribution is 2.22. The molecule has 4 heterocycles. The number of hydrogen-bond donors (Lipinski definition) is 1. The molecule has 7 nitrogen and oxygen atoms in total. The first-order valence-corrected chi connectivity index (χ1v) is 8.58. The Morgan fingerprint density at radius 2 is 1.74 bits per heavy atom. The summed E-state index contributed by atoms with van der Waals surface area (Å²) in [4.78, 5) is 26.2. The summed E-state index contributed by atoms with van der Waals surface area (Å²) in [6, 6.07) is 11.5. The van der Waals surface area contributed by atoms with E-state index in [2.05, 4.69) is 35.2 Å². The van der Waals surface area contributed by atoms with Gasteiger partial charge in [0.05, 0.1) is 11.4 Å². The fourth-order valence-electron chi connectivity index (χ4n) is 2.59. The molecular formula is C20H17N7. The second-order valence-corrected chi connectivity index (χ2v) is 5.79. The van der Waals surface area contributed by atoms with Crippen molar-refractivity contribution in [3.63, 3.8) is 0 Å². The van der Waals surface area contributed by atoms with E-state index in [1.54, 1.807) is 37.2 Å². The van der Waals surface area contributed by atoms with E-state index in [9.17, 15) is 0 Å². The van der Waals surface area contributed by atoms with Gasteiger partial charge in [-0.1, -0.05) is 6.07 Å². The Labute approximate surface area is 156 Å². The highest BCUT2D eigenvalue weighted by atomic mass is 15.0. The maximum Gasteiger partial charge on any atom is 0.180 e. The molecule has 4 aromatic heterocycles. The van der Waals surface area contributed by atoms with Crippen molar-refractivity contribution in [1.82, 2.24) is 29.9 Å². The van der Waals surface area contributed by atoms with Crippen LogP contribution >= 0.6 is 0 Å². The van der Waals surface area contributed by atoms with Gasteiger partial charge in [0.1, 0.15) is 11.5 Å². The van der Waals surface area contributed by atoms with E-state index in [1.165, 1.54) is 0 Å². The van der Waals surface area contributed by atoms with Crippen LogP contribution in [0, 0.1) is 0 Å². The van der Waals surface area contributed by atoms with E-state index in [1.807, 2.05) is 36.4 Å². The summed E-state index contributed by atoms with van der Waals surface area (Å²) < 4.78 is 0. The van der Waals surface area contributed by atoms with Crippen molar-refractivity contribution in [2.45, 2.75) is 6.42 Å². The zero-order valence-corrected chi connectivity index (χ0v) is 14.5. The van der Waals surface area contributed by atoms with Crippen LogP contribution in [0.4, 0.5) is 5.82 Å². The van der Waals surface area contributed by atoms with Gasteiger partial charge in [-0.3, -0.25) is 19.9 Å². The fourth-order valence-corrected chi connectivity index (χ4v) is 2.59. The largest absolute Gasteiger partial charge is 0.370 e. The van der Waals surface area contributed by atoms with E-state index in [0.29, 0.717) is 12.4 Å². The van der Waals surface area contributed by atoms with Crippen molar-refractivity contribution in [2.75, 3.05) is 11.9 Å². The third kappa shape index (κ3) is 4.27. The number of nitrogens with one attached hydrogen (secondary N) is 1. The normalized spacial score (nSPS) is 10.5. The number of rotatable bonds is 6. The molecule has 0 amide bonds. The highest BCUT2D eigenvalue weighted by molar-refractivity contribution is 5.65. The molecule has 0 radical (unpaired) electrons. The number of pyridine rings is 2. The number of hydrogen-bond acceptors (Lipinski definition) is 7. The van der Waals surface area contributed by atoms with Crippen molar-refractivity contribution in [3.8, 4) is 22.8 Å². The maximum absolute atomic E-state index is 4.66. The smallest absolute Gasteiger partial charge is 0.180 e. The lowest BCUT2D eigenvalue weighted by Crippen LogP contribution is -2.09. The molecule has 0 unspecified atom stereocenters. The van der Waals surface area contributed by atoms with Gasteiger partial charge < -0.3 is 5.32 Å². The van der Waals surface area contributed by atoms with Gasteiger partial charge in [-0.2, -0.15) is 0 Å². The molecule has 0 atom stereocenters. The molecule has 0 aliphatic carbocycles. The van der Waals surface area contributed by atoms with Crippen LogP contribution in [0.1, 0.15) is 5.69 Å². The van der Waals surface area contributed by atoms with E-state index < -0.39 is 0 Å². The predicted molar refractivity (Wildman–Crippen MR) is 103 cm³/mol. The van der Waals surface area contributed by atoms with Gasteiger partial charge in [-0.15, -0.1) is 0 Å². The number of nitrogens with zero attached hydrogens (tertiary/aromatic N) is 6. The Kier molecular flexibility index (Phi) is 5.01. The molecule has 0 aliphatic heterocycles. The van der Waals surface area contributed by atoms with Gasteiger partial charge in [0.25, 0.3) is 0 Å². The molecule has 0 saturated heterocycles. The summed E-state index contributed by atoms with van der Waals surface area (Å²) in [6.07, 6.45) is 11.1. The molecule has 0 bridgehead atoms. The lowest BCUT2D eigenvalue weighted by Gasteiger charge is -2.10. The monoisotopic (exact) mass is 355 g/mol. The van der Waals surface area contributed by atoms with Gasteiger partial charge in [0, 0.05) is 61.8 Å². The van der Waals surface area contributed by atoms with Crippen molar-refractivity contribution in [1.29, 1.82) is 0 Å². The third-order valence-electron chi connectivity index (χ3n) is 3.88. The highest BCUT2D eigenvalue weighted by Gasteiger charge is 2.09. The molecule has 4 aromatic rings. The SMILES string of the molecule is c1ccc(-c2nc(NCCc3cnccn3)cc(-c3cccnc3)n2)nc1. The topological polar surface area (TPSA) is 89.4 Å². The van der Waals surface area contributed by atoms with Crippen LogP contribution in [0.15, 0.2) is 73.6 Å². The Balaban J connectivity index is 1.62. The molecule has 7 heteroatoms. The summed E-state index contributed by atoms with van der Waals surface area (Å²) in [7, 11) is 0. The lowest BCUT2D eigenvalue weighted by atomic mass is 10.2. The van der Waals surface area contributed by atoms with E-state index in [-0.39, 0.29) is 0 Å². The van der Waals surface area contributed by atoms with Crippen molar-refractivity contribution >= 4 is 5.82 Å². The predicted octanol–water partition coefficient (Wildman–Crippen LogP) is 3.05. The minimum Gasteiger partial charge on any atom is -0.370 e. The first-order chi connectivity index (χ1) is 13.4. The Morgan fingerprint density at radius 1 is 0.778 bits per heavy atom. The number of aromatic nitrogens is 6. The van der Waals surface area contributed by atoms with Crippen LogP contribution in [-0.2, 0) is 6.42 Å². The summed E-state index contributed by atoms with van der Waals surface area (Å²) >= 11 is 0. The minimum absolute atomic E-state index is 0.568. The van der Waals surface area contributed by atoms with E-state index in [4.69, 9.17) is 0 Å².